The summed E-state index contributed by atoms with van der Waals surface area (Å²) >= 11 is 7.34. The maximum Gasteiger partial charge on any atom is 0.248 e. The van der Waals surface area contributed by atoms with Crippen molar-refractivity contribution in [1.82, 2.24) is 19.8 Å². The minimum Gasteiger partial charge on any atom is -0.322 e. The number of aromatic nitrogens is 4. The number of carbonyl (C=O) groups is 1. The molecule has 0 saturated carbocycles. The van der Waals surface area contributed by atoms with Gasteiger partial charge in [-0.25, -0.2) is 0 Å². The van der Waals surface area contributed by atoms with Crippen LogP contribution >= 0.6 is 22.9 Å². The van der Waals surface area contributed by atoms with Crippen molar-refractivity contribution in [3.63, 3.8) is 0 Å². The van der Waals surface area contributed by atoms with Gasteiger partial charge in [-0.05, 0) is 61.4 Å². The van der Waals surface area contributed by atoms with Crippen molar-refractivity contribution < 1.29 is 4.79 Å². The lowest BCUT2D eigenvalue weighted by Gasteiger charge is -2.07. The summed E-state index contributed by atoms with van der Waals surface area (Å²) in [5.41, 5.74) is 3.59. The third kappa shape index (κ3) is 3.81. The molecule has 2 aromatic heterocycles. The van der Waals surface area contributed by atoms with E-state index in [9.17, 15) is 4.79 Å². The third-order valence-electron chi connectivity index (χ3n) is 4.18. The van der Waals surface area contributed by atoms with Crippen LogP contribution in [-0.4, -0.2) is 25.7 Å². The second-order valence-electron chi connectivity index (χ2n) is 6.25. The fourth-order valence-electron chi connectivity index (χ4n) is 2.69. The summed E-state index contributed by atoms with van der Waals surface area (Å²) in [6.07, 6.45) is 3.25. The molecule has 4 rings (SSSR count). The van der Waals surface area contributed by atoms with Gasteiger partial charge in [-0.15, -0.1) is 10.2 Å². The average Bonchev–Trinajstić information content (AvgIpc) is 3.25. The Labute approximate surface area is 170 Å². The zero-order valence-corrected chi connectivity index (χ0v) is 16.8. The summed E-state index contributed by atoms with van der Waals surface area (Å²) in [4.78, 5) is 13.0. The molecule has 0 unspecified atom stereocenters. The van der Waals surface area contributed by atoms with Crippen molar-refractivity contribution in [2.24, 2.45) is 0 Å². The molecule has 2 heterocycles. The van der Waals surface area contributed by atoms with Crippen molar-refractivity contribution in [3.05, 3.63) is 70.5 Å². The summed E-state index contributed by atoms with van der Waals surface area (Å²) in [5.74, 6) is 0.561. The number of nitrogens with one attached hydrogen (secondary N) is 1. The Kier molecular flexibility index (Phi) is 4.93. The van der Waals surface area contributed by atoms with Crippen LogP contribution in [0.25, 0.3) is 21.6 Å². The second kappa shape index (κ2) is 7.53. The number of halogens is 1. The number of amides is 1. The maximum absolute atomic E-state index is 12.2. The standard InChI is InChI=1S/C20H16ClN5OS/c1-12-11-15(19-25-26-13(2)23-24-20(26)28-19)6-9-17(12)22-18(27)10-5-14-3-7-16(21)8-4-14/h3-11H,1-2H3,(H,22,27). The first-order valence-corrected chi connectivity index (χ1v) is 9.73. The third-order valence-corrected chi connectivity index (χ3v) is 5.37. The Hall–Kier alpha value is -3.03. The monoisotopic (exact) mass is 409 g/mol. The highest BCUT2D eigenvalue weighted by molar-refractivity contribution is 7.19. The Morgan fingerprint density at radius 3 is 2.64 bits per heavy atom. The van der Waals surface area contributed by atoms with Gasteiger partial charge in [-0.1, -0.05) is 35.1 Å². The lowest BCUT2D eigenvalue weighted by atomic mass is 10.1. The van der Waals surface area contributed by atoms with E-state index in [0.717, 1.165) is 38.2 Å². The molecule has 1 N–H and O–H groups in total. The van der Waals surface area contributed by atoms with Crippen molar-refractivity contribution in [1.29, 1.82) is 0 Å². The Morgan fingerprint density at radius 2 is 1.93 bits per heavy atom. The molecule has 0 radical (unpaired) electrons. The highest BCUT2D eigenvalue weighted by atomic mass is 35.5. The zero-order valence-electron chi connectivity index (χ0n) is 15.2. The van der Waals surface area contributed by atoms with Crippen LogP contribution < -0.4 is 5.32 Å². The number of hydrogen-bond acceptors (Lipinski definition) is 5. The SMILES string of the molecule is Cc1cc(-c2nn3c(C)nnc3s2)ccc1NC(=O)C=Cc1ccc(Cl)cc1. The predicted molar refractivity (Wildman–Crippen MR) is 113 cm³/mol. The van der Waals surface area contributed by atoms with E-state index in [-0.39, 0.29) is 5.91 Å². The summed E-state index contributed by atoms with van der Waals surface area (Å²) in [6.45, 7) is 3.82. The highest BCUT2D eigenvalue weighted by Gasteiger charge is 2.12. The van der Waals surface area contributed by atoms with Crippen molar-refractivity contribution >= 4 is 45.6 Å². The number of aryl methyl sites for hydroxylation is 2. The molecule has 1 amide bonds. The summed E-state index contributed by atoms with van der Waals surface area (Å²) in [5, 5.41) is 17.1. The van der Waals surface area contributed by atoms with Crippen LogP contribution in [0.5, 0.6) is 0 Å². The number of nitrogens with zero attached hydrogens (tertiary/aromatic N) is 4. The van der Waals surface area contributed by atoms with Crippen LogP contribution in [0.15, 0.2) is 48.5 Å². The number of hydrogen-bond donors (Lipinski definition) is 1. The Balaban J connectivity index is 1.49. The van der Waals surface area contributed by atoms with E-state index in [1.54, 1.807) is 22.7 Å². The summed E-state index contributed by atoms with van der Waals surface area (Å²) in [6, 6.07) is 13.1. The summed E-state index contributed by atoms with van der Waals surface area (Å²) < 4.78 is 1.73. The second-order valence-corrected chi connectivity index (χ2v) is 7.65. The number of anilines is 1. The molecule has 0 saturated heterocycles. The first-order valence-electron chi connectivity index (χ1n) is 8.54. The lowest BCUT2D eigenvalue weighted by Crippen LogP contribution is -2.08. The van der Waals surface area contributed by atoms with Gasteiger partial charge in [-0.3, -0.25) is 4.79 Å². The van der Waals surface area contributed by atoms with E-state index < -0.39 is 0 Å². The molecule has 0 aliphatic rings. The average molecular weight is 410 g/mol. The number of rotatable bonds is 4. The molecule has 0 aliphatic carbocycles. The molecule has 140 valence electrons. The van der Waals surface area contributed by atoms with Gasteiger partial charge in [0.25, 0.3) is 0 Å². The van der Waals surface area contributed by atoms with Gasteiger partial charge in [0.2, 0.25) is 10.9 Å². The first kappa shape index (κ1) is 18.3. The topological polar surface area (TPSA) is 72.2 Å². The van der Waals surface area contributed by atoms with Crippen molar-refractivity contribution in [2.45, 2.75) is 13.8 Å². The molecule has 2 aromatic carbocycles. The van der Waals surface area contributed by atoms with Crippen LogP contribution in [0, 0.1) is 13.8 Å². The highest BCUT2D eigenvalue weighted by Crippen LogP contribution is 2.28. The molecule has 8 heteroatoms. The van der Waals surface area contributed by atoms with Gasteiger partial charge < -0.3 is 5.32 Å². The molecule has 0 bridgehead atoms. The van der Waals surface area contributed by atoms with Crippen LogP contribution in [0.2, 0.25) is 5.02 Å². The lowest BCUT2D eigenvalue weighted by molar-refractivity contribution is -0.111. The smallest absolute Gasteiger partial charge is 0.248 e. The van der Waals surface area contributed by atoms with E-state index in [4.69, 9.17) is 11.6 Å². The zero-order chi connectivity index (χ0) is 19.7. The van der Waals surface area contributed by atoms with E-state index in [1.165, 1.54) is 17.4 Å². The molecule has 0 aliphatic heterocycles. The van der Waals surface area contributed by atoms with Gasteiger partial charge in [0.05, 0.1) is 0 Å². The first-order chi connectivity index (χ1) is 13.5. The van der Waals surface area contributed by atoms with Gasteiger partial charge in [0.15, 0.2) is 5.82 Å². The van der Waals surface area contributed by atoms with E-state index in [2.05, 4.69) is 20.6 Å². The molecule has 0 fully saturated rings. The van der Waals surface area contributed by atoms with Crippen LogP contribution in [0.1, 0.15) is 17.0 Å². The van der Waals surface area contributed by atoms with Crippen LogP contribution in [0.4, 0.5) is 5.69 Å². The molecule has 6 nitrogen and oxygen atoms in total. The number of carbonyl (C=O) groups excluding carboxylic acids is 1. The van der Waals surface area contributed by atoms with Crippen LogP contribution in [-0.2, 0) is 4.79 Å². The molecule has 0 atom stereocenters. The normalized spacial score (nSPS) is 11.4. The van der Waals surface area contributed by atoms with Gasteiger partial charge in [0.1, 0.15) is 5.01 Å². The van der Waals surface area contributed by atoms with Gasteiger partial charge in [-0.2, -0.15) is 9.61 Å². The Bertz CT molecular complexity index is 1190. The molecule has 28 heavy (non-hydrogen) atoms. The molecular weight excluding hydrogens is 394 g/mol. The largest absolute Gasteiger partial charge is 0.322 e. The quantitative estimate of drug-likeness (QED) is 0.492. The van der Waals surface area contributed by atoms with Gasteiger partial charge in [0, 0.05) is 22.3 Å². The van der Waals surface area contributed by atoms with E-state index >= 15 is 0 Å². The fourth-order valence-corrected chi connectivity index (χ4v) is 3.70. The van der Waals surface area contributed by atoms with Crippen molar-refractivity contribution in [2.75, 3.05) is 5.32 Å². The molecular formula is C20H16ClN5OS. The number of benzene rings is 2. The maximum atomic E-state index is 12.2. The number of fused-ring (bicyclic) bond motifs is 1. The van der Waals surface area contributed by atoms with Crippen LogP contribution in [0.3, 0.4) is 0 Å². The fraction of sp³-hybridized carbons (Fsp3) is 0.100. The van der Waals surface area contributed by atoms with E-state index in [0.29, 0.717) is 5.02 Å². The summed E-state index contributed by atoms with van der Waals surface area (Å²) in [7, 11) is 0. The van der Waals surface area contributed by atoms with Crippen molar-refractivity contribution in [3.8, 4) is 10.6 Å². The van der Waals surface area contributed by atoms with E-state index in [1.807, 2.05) is 44.2 Å². The molecule has 4 aromatic rings. The minimum atomic E-state index is -0.194. The minimum absolute atomic E-state index is 0.194. The predicted octanol–water partition coefficient (Wildman–Crippen LogP) is 4.77. The molecule has 0 spiro atoms. The Morgan fingerprint density at radius 1 is 1.14 bits per heavy atom. The van der Waals surface area contributed by atoms with Gasteiger partial charge >= 0.3 is 0 Å².